The fourth-order valence-electron chi connectivity index (χ4n) is 2.06. The van der Waals surface area contributed by atoms with Crippen molar-refractivity contribution < 1.29 is 24.5 Å². The Balaban J connectivity index is 2.62. The Morgan fingerprint density at radius 1 is 1.33 bits per heavy atom. The van der Waals surface area contributed by atoms with Crippen LogP contribution in [0.1, 0.15) is 25.8 Å². The minimum absolute atomic E-state index is 0.0151. The number of carboxylic acids is 1. The van der Waals surface area contributed by atoms with E-state index in [2.05, 4.69) is 0 Å². The Morgan fingerprint density at radius 2 is 2.05 bits per heavy atom. The van der Waals surface area contributed by atoms with E-state index >= 15 is 0 Å². The molecule has 0 aliphatic rings. The van der Waals surface area contributed by atoms with E-state index in [1.165, 1.54) is 0 Å². The van der Waals surface area contributed by atoms with Crippen LogP contribution in [0.5, 0.6) is 5.75 Å². The van der Waals surface area contributed by atoms with E-state index in [4.69, 9.17) is 9.47 Å². The maximum Gasteiger partial charge on any atom is 0.306 e. The number of aliphatic hydroxyl groups excluding tert-OH is 1. The molecule has 0 saturated carbocycles. The minimum atomic E-state index is -0.915. The van der Waals surface area contributed by atoms with Crippen molar-refractivity contribution in [3.63, 3.8) is 0 Å². The molecule has 0 aliphatic carbocycles. The highest BCUT2D eigenvalue weighted by molar-refractivity contribution is 5.70. The van der Waals surface area contributed by atoms with Crippen molar-refractivity contribution in [2.24, 2.45) is 5.92 Å². The summed E-state index contributed by atoms with van der Waals surface area (Å²) >= 11 is 0. The highest BCUT2D eigenvalue weighted by Crippen LogP contribution is 2.19. The van der Waals surface area contributed by atoms with Crippen LogP contribution in [-0.2, 0) is 16.0 Å². The molecule has 0 heterocycles. The number of benzene rings is 1. The number of carboxylic acid groups (broad SMARTS) is 1. The van der Waals surface area contributed by atoms with Gasteiger partial charge >= 0.3 is 5.97 Å². The normalized spacial score (nSPS) is 14.0. The SMILES string of the molecule is COc1cccc(CC(CC(O)COC(C)C)C(=O)O)c1. The molecule has 1 aromatic rings. The Bertz CT molecular complexity index is 444. The van der Waals surface area contributed by atoms with Crippen LogP contribution in [0.3, 0.4) is 0 Å². The maximum absolute atomic E-state index is 11.3. The van der Waals surface area contributed by atoms with Crippen LogP contribution in [0.2, 0.25) is 0 Å². The van der Waals surface area contributed by atoms with Crippen LogP contribution in [-0.4, -0.2) is 42.1 Å². The van der Waals surface area contributed by atoms with Gasteiger partial charge in [-0.25, -0.2) is 0 Å². The van der Waals surface area contributed by atoms with Gasteiger partial charge in [0.05, 0.1) is 31.8 Å². The van der Waals surface area contributed by atoms with Crippen molar-refractivity contribution in [3.05, 3.63) is 29.8 Å². The number of aliphatic carboxylic acids is 1. The van der Waals surface area contributed by atoms with Gasteiger partial charge in [0, 0.05) is 0 Å². The van der Waals surface area contributed by atoms with E-state index in [9.17, 15) is 15.0 Å². The summed E-state index contributed by atoms with van der Waals surface area (Å²) in [6.45, 7) is 3.90. The van der Waals surface area contributed by atoms with Crippen LogP contribution in [0.4, 0.5) is 0 Å². The molecule has 0 fully saturated rings. The standard InChI is InChI=1S/C16H24O5/c1-11(2)21-10-14(17)9-13(16(18)19)7-12-5-4-6-15(8-12)20-3/h4-6,8,11,13-14,17H,7,9-10H2,1-3H3,(H,18,19). The average molecular weight is 296 g/mol. The minimum Gasteiger partial charge on any atom is -0.497 e. The molecule has 21 heavy (non-hydrogen) atoms. The summed E-state index contributed by atoms with van der Waals surface area (Å²) in [6, 6.07) is 7.30. The summed E-state index contributed by atoms with van der Waals surface area (Å²) in [5, 5.41) is 19.2. The second-order valence-corrected chi connectivity index (χ2v) is 5.36. The van der Waals surface area contributed by atoms with Crippen LogP contribution < -0.4 is 4.74 Å². The largest absolute Gasteiger partial charge is 0.497 e. The van der Waals surface area contributed by atoms with Crippen molar-refractivity contribution in [2.75, 3.05) is 13.7 Å². The van der Waals surface area contributed by atoms with Crippen molar-refractivity contribution in [2.45, 2.75) is 38.9 Å². The quantitative estimate of drug-likeness (QED) is 0.730. The topological polar surface area (TPSA) is 76.0 Å². The van der Waals surface area contributed by atoms with Gasteiger partial charge in [0.1, 0.15) is 5.75 Å². The number of carbonyl (C=O) groups is 1. The van der Waals surface area contributed by atoms with Crippen molar-refractivity contribution in [3.8, 4) is 5.75 Å². The summed E-state index contributed by atoms with van der Waals surface area (Å²) in [5.41, 5.74) is 0.874. The van der Waals surface area contributed by atoms with Gasteiger partial charge in [0.25, 0.3) is 0 Å². The van der Waals surface area contributed by atoms with Crippen LogP contribution >= 0.6 is 0 Å². The van der Waals surface area contributed by atoms with Gasteiger partial charge in [-0.15, -0.1) is 0 Å². The lowest BCUT2D eigenvalue weighted by molar-refractivity contribution is -0.143. The first kappa shape index (κ1) is 17.5. The predicted molar refractivity (Wildman–Crippen MR) is 79.5 cm³/mol. The summed E-state index contributed by atoms with van der Waals surface area (Å²) in [6.07, 6.45) is -0.245. The Morgan fingerprint density at radius 3 is 2.62 bits per heavy atom. The zero-order valence-corrected chi connectivity index (χ0v) is 12.8. The molecule has 0 aromatic heterocycles. The third-order valence-corrected chi connectivity index (χ3v) is 3.14. The number of ether oxygens (including phenoxy) is 2. The molecular formula is C16H24O5. The van der Waals surface area contributed by atoms with Gasteiger partial charge in [-0.3, -0.25) is 4.79 Å². The van der Waals surface area contributed by atoms with Crippen LogP contribution in [0.25, 0.3) is 0 Å². The molecule has 2 atom stereocenters. The van der Waals surface area contributed by atoms with Gasteiger partial charge < -0.3 is 19.7 Å². The molecule has 1 rings (SSSR count). The van der Waals surface area contributed by atoms with E-state index in [1.807, 2.05) is 38.1 Å². The number of rotatable bonds is 9. The molecule has 0 spiro atoms. The Kier molecular flexibility index (Phi) is 7.19. The lowest BCUT2D eigenvalue weighted by Gasteiger charge is -2.18. The van der Waals surface area contributed by atoms with Crippen LogP contribution in [0.15, 0.2) is 24.3 Å². The molecular weight excluding hydrogens is 272 g/mol. The smallest absolute Gasteiger partial charge is 0.306 e. The number of aliphatic hydroxyl groups is 1. The molecule has 118 valence electrons. The molecule has 5 heteroatoms. The van der Waals surface area contributed by atoms with E-state index < -0.39 is 18.0 Å². The van der Waals surface area contributed by atoms with E-state index in [1.54, 1.807) is 7.11 Å². The zero-order valence-electron chi connectivity index (χ0n) is 12.8. The van der Waals surface area contributed by atoms with Gasteiger partial charge in [-0.05, 0) is 44.4 Å². The van der Waals surface area contributed by atoms with Crippen LogP contribution in [0, 0.1) is 5.92 Å². The molecule has 2 unspecified atom stereocenters. The molecule has 0 bridgehead atoms. The first-order chi connectivity index (χ1) is 9.92. The number of hydrogen-bond donors (Lipinski definition) is 2. The molecule has 2 N–H and O–H groups in total. The Labute approximate surface area is 125 Å². The second kappa shape index (κ2) is 8.64. The molecule has 0 saturated heterocycles. The van der Waals surface area contributed by atoms with E-state index in [0.29, 0.717) is 12.2 Å². The zero-order chi connectivity index (χ0) is 15.8. The second-order valence-electron chi connectivity index (χ2n) is 5.36. The predicted octanol–water partition coefficient (Wildman–Crippen LogP) is 2.11. The first-order valence-corrected chi connectivity index (χ1v) is 7.07. The number of hydrogen-bond acceptors (Lipinski definition) is 4. The molecule has 0 amide bonds. The highest BCUT2D eigenvalue weighted by Gasteiger charge is 2.22. The molecule has 0 radical (unpaired) electrons. The lowest BCUT2D eigenvalue weighted by atomic mass is 9.94. The highest BCUT2D eigenvalue weighted by atomic mass is 16.5. The lowest BCUT2D eigenvalue weighted by Crippen LogP contribution is -2.26. The summed E-state index contributed by atoms with van der Waals surface area (Å²) in [4.78, 5) is 11.3. The van der Waals surface area contributed by atoms with Gasteiger partial charge in [0.2, 0.25) is 0 Å². The van der Waals surface area contributed by atoms with Gasteiger partial charge in [-0.2, -0.15) is 0 Å². The molecule has 1 aromatic carbocycles. The average Bonchev–Trinajstić information content (AvgIpc) is 2.44. The molecule has 0 aliphatic heterocycles. The summed E-state index contributed by atoms with van der Waals surface area (Å²) in [7, 11) is 1.57. The number of methoxy groups -OCH3 is 1. The maximum atomic E-state index is 11.3. The van der Waals surface area contributed by atoms with Crippen molar-refractivity contribution >= 4 is 5.97 Å². The summed E-state index contributed by atoms with van der Waals surface area (Å²) in [5.74, 6) is -0.871. The van der Waals surface area contributed by atoms with Crippen molar-refractivity contribution in [1.82, 2.24) is 0 Å². The third-order valence-electron chi connectivity index (χ3n) is 3.14. The fraction of sp³-hybridized carbons (Fsp3) is 0.562. The Hall–Kier alpha value is -1.59. The summed E-state index contributed by atoms with van der Waals surface area (Å²) < 4.78 is 10.4. The first-order valence-electron chi connectivity index (χ1n) is 7.07. The van der Waals surface area contributed by atoms with E-state index in [0.717, 1.165) is 5.56 Å². The van der Waals surface area contributed by atoms with Crippen molar-refractivity contribution in [1.29, 1.82) is 0 Å². The van der Waals surface area contributed by atoms with E-state index in [-0.39, 0.29) is 19.1 Å². The molecule has 5 nitrogen and oxygen atoms in total. The monoisotopic (exact) mass is 296 g/mol. The fourth-order valence-corrected chi connectivity index (χ4v) is 2.06. The van der Waals surface area contributed by atoms with Gasteiger partial charge in [-0.1, -0.05) is 12.1 Å². The third kappa shape index (κ3) is 6.60. The van der Waals surface area contributed by atoms with Gasteiger partial charge in [0.15, 0.2) is 0 Å².